The lowest BCUT2D eigenvalue weighted by molar-refractivity contribution is -0.134. The summed E-state index contributed by atoms with van der Waals surface area (Å²) in [5.41, 5.74) is 1.13. The van der Waals surface area contributed by atoms with Gasteiger partial charge < -0.3 is 5.32 Å². The molecule has 1 heterocycles. The van der Waals surface area contributed by atoms with Gasteiger partial charge in [-0.2, -0.15) is 0 Å². The van der Waals surface area contributed by atoms with Gasteiger partial charge in [0.15, 0.2) is 0 Å². The van der Waals surface area contributed by atoms with Crippen LogP contribution >= 0.6 is 0 Å². The highest BCUT2D eigenvalue weighted by atomic mass is 16.2. The average molecular weight is 244 g/mol. The summed E-state index contributed by atoms with van der Waals surface area (Å²) in [6.07, 6.45) is 4.95. The molecule has 1 atom stereocenters. The van der Waals surface area contributed by atoms with E-state index in [1.54, 1.807) is 0 Å². The molecule has 18 heavy (non-hydrogen) atoms. The average Bonchev–Trinajstić information content (AvgIpc) is 2.38. The molecule has 0 bridgehead atoms. The van der Waals surface area contributed by atoms with Crippen LogP contribution in [0.25, 0.3) is 6.08 Å². The van der Waals surface area contributed by atoms with Crippen LogP contribution in [0.3, 0.4) is 0 Å². The Labute approximate surface area is 106 Å². The number of nitrogens with one attached hydrogen (secondary N) is 2. The highest BCUT2D eigenvalue weighted by molar-refractivity contribution is 6.00. The van der Waals surface area contributed by atoms with Crippen LogP contribution in [0.4, 0.5) is 0 Å². The molecule has 4 heteroatoms. The van der Waals surface area contributed by atoms with Crippen molar-refractivity contribution in [3.8, 4) is 0 Å². The van der Waals surface area contributed by atoms with E-state index in [0.29, 0.717) is 19.4 Å². The molecule has 2 rings (SSSR count). The highest BCUT2D eigenvalue weighted by Gasteiger charge is 2.25. The van der Waals surface area contributed by atoms with Gasteiger partial charge in [-0.05, 0) is 12.0 Å². The quantitative estimate of drug-likeness (QED) is 0.780. The third-order valence-corrected chi connectivity index (χ3v) is 2.83. The van der Waals surface area contributed by atoms with Gasteiger partial charge in [0.1, 0.15) is 0 Å². The number of benzene rings is 1. The molecule has 1 unspecified atom stereocenters. The molecule has 0 spiro atoms. The fourth-order valence-electron chi connectivity index (χ4n) is 1.86. The van der Waals surface area contributed by atoms with Gasteiger partial charge in [-0.3, -0.25) is 14.9 Å². The number of imide groups is 1. The van der Waals surface area contributed by atoms with Crippen molar-refractivity contribution < 1.29 is 9.59 Å². The Kier molecular flexibility index (Phi) is 4.25. The third kappa shape index (κ3) is 3.53. The van der Waals surface area contributed by atoms with Crippen LogP contribution in [0.5, 0.6) is 0 Å². The Morgan fingerprint density at radius 3 is 2.78 bits per heavy atom. The number of hydrogen-bond acceptors (Lipinski definition) is 3. The standard InChI is InChI=1S/C14H16N2O2/c17-13-9-8-12(14(18)16-13)15-10-4-7-11-5-2-1-3-6-11/h1-7,12,15H,8-10H2,(H,16,17,18). The summed E-state index contributed by atoms with van der Waals surface area (Å²) in [7, 11) is 0. The van der Waals surface area contributed by atoms with Crippen molar-refractivity contribution in [1.29, 1.82) is 0 Å². The fraction of sp³-hybridized carbons (Fsp3) is 0.286. The maximum absolute atomic E-state index is 11.5. The molecule has 2 amide bonds. The maximum atomic E-state index is 11.5. The van der Waals surface area contributed by atoms with Gasteiger partial charge in [-0.15, -0.1) is 0 Å². The summed E-state index contributed by atoms with van der Waals surface area (Å²) in [5, 5.41) is 5.43. The molecule has 1 saturated heterocycles. The Morgan fingerprint density at radius 2 is 2.06 bits per heavy atom. The molecule has 1 aliphatic heterocycles. The van der Waals surface area contributed by atoms with Crippen LogP contribution < -0.4 is 10.6 Å². The first-order chi connectivity index (χ1) is 8.75. The second-order valence-electron chi connectivity index (χ2n) is 4.22. The molecule has 0 aromatic heterocycles. The van der Waals surface area contributed by atoms with Crippen molar-refractivity contribution in [2.45, 2.75) is 18.9 Å². The second kappa shape index (κ2) is 6.12. The van der Waals surface area contributed by atoms with Gasteiger partial charge in [0.05, 0.1) is 6.04 Å². The lowest BCUT2D eigenvalue weighted by Gasteiger charge is -2.21. The molecule has 1 aliphatic rings. The van der Waals surface area contributed by atoms with Gasteiger partial charge in [0, 0.05) is 13.0 Å². The van der Waals surface area contributed by atoms with E-state index in [9.17, 15) is 9.59 Å². The van der Waals surface area contributed by atoms with Crippen molar-refractivity contribution >= 4 is 17.9 Å². The zero-order chi connectivity index (χ0) is 12.8. The van der Waals surface area contributed by atoms with Crippen LogP contribution in [0, 0.1) is 0 Å². The first-order valence-corrected chi connectivity index (χ1v) is 6.04. The van der Waals surface area contributed by atoms with Crippen molar-refractivity contribution in [3.05, 3.63) is 42.0 Å². The van der Waals surface area contributed by atoms with Crippen molar-refractivity contribution in [2.24, 2.45) is 0 Å². The van der Waals surface area contributed by atoms with Crippen LogP contribution in [-0.4, -0.2) is 24.4 Å². The number of rotatable bonds is 4. The van der Waals surface area contributed by atoms with Crippen LogP contribution in [0.15, 0.2) is 36.4 Å². The molecular formula is C14H16N2O2. The van der Waals surface area contributed by atoms with E-state index < -0.39 is 0 Å². The van der Waals surface area contributed by atoms with E-state index >= 15 is 0 Å². The number of carbonyl (C=O) groups is 2. The number of amides is 2. The van der Waals surface area contributed by atoms with Crippen LogP contribution in [-0.2, 0) is 9.59 Å². The fourth-order valence-corrected chi connectivity index (χ4v) is 1.86. The first kappa shape index (κ1) is 12.5. The topological polar surface area (TPSA) is 58.2 Å². The van der Waals surface area contributed by atoms with E-state index in [1.165, 1.54) is 0 Å². The minimum absolute atomic E-state index is 0.183. The highest BCUT2D eigenvalue weighted by Crippen LogP contribution is 2.04. The van der Waals surface area contributed by atoms with E-state index in [-0.39, 0.29) is 17.9 Å². The minimum Gasteiger partial charge on any atom is -0.302 e. The largest absolute Gasteiger partial charge is 0.302 e. The molecular weight excluding hydrogens is 228 g/mol. The van der Waals surface area contributed by atoms with Gasteiger partial charge in [-0.1, -0.05) is 42.5 Å². The van der Waals surface area contributed by atoms with Crippen LogP contribution in [0.2, 0.25) is 0 Å². The number of piperidine rings is 1. The summed E-state index contributed by atoms with van der Waals surface area (Å²) in [5.74, 6) is -0.405. The van der Waals surface area contributed by atoms with Gasteiger partial charge in [-0.25, -0.2) is 0 Å². The summed E-state index contributed by atoms with van der Waals surface area (Å²) in [6.45, 7) is 0.612. The van der Waals surface area contributed by atoms with E-state index in [4.69, 9.17) is 0 Å². The molecule has 4 nitrogen and oxygen atoms in total. The summed E-state index contributed by atoms with van der Waals surface area (Å²) < 4.78 is 0. The SMILES string of the molecule is O=C1CCC(NCC=Cc2ccccc2)C(=O)N1. The predicted octanol–water partition coefficient (Wildman–Crippen LogP) is 1.09. The zero-order valence-corrected chi connectivity index (χ0v) is 10.1. The molecule has 1 aromatic carbocycles. The van der Waals surface area contributed by atoms with Crippen molar-refractivity contribution in [2.75, 3.05) is 6.54 Å². The molecule has 2 N–H and O–H groups in total. The van der Waals surface area contributed by atoms with E-state index in [2.05, 4.69) is 10.6 Å². The third-order valence-electron chi connectivity index (χ3n) is 2.83. The minimum atomic E-state index is -0.261. The lowest BCUT2D eigenvalue weighted by atomic mass is 10.1. The number of hydrogen-bond donors (Lipinski definition) is 2. The van der Waals surface area contributed by atoms with Crippen LogP contribution in [0.1, 0.15) is 18.4 Å². The summed E-state index contributed by atoms with van der Waals surface area (Å²) in [4.78, 5) is 22.4. The monoisotopic (exact) mass is 244 g/mol. The molecule has 1 aromatic rings. The van der Waals surface area contributed by atoms with Gasteiger partial charge in [0.25, 0.3) is 0 Å². The maximum Gasteiger partial charge on any atom is 0.243 e. The molecule has 0 radical (unpaired) electrons. The van der Waals surface area contributed by atoms with Gasteiger partial charge >= 0.3 is 0 Å². The Hall–Kier alpha value is -1.94. The summed E-state index contributed by atoms with van der Waals surface area (Å²) in [6, 6.07) is 9.70. The molecule has 94 valence electrons. The predicted molar refractivity (Wildman–Crippen MR) is 69.7 cm³/mol. The second-order valence-corrected chi connectivity index (χ2v) is 4.22. The normalized spacial score (nSPS) is 20.1. The summed E-state index contributed by atoms with van der Waals surface area (Å²) >= 11 is 0. The Balaban J connectivity index is 1.77. The smallest absolute Gasteiger partial charge is 0.243 e. The Morgan fingerprint density at radius 1 is 1.28 bits per heavy atom. The Bertz CT molecular complexity index is 454. The lowest BCUT2D eigenvalue weighted by Crippen LogP contribution is -2.50. The molecule has 0 aliphatic carbocycles. The van der Waals surface area contributed by atoms with E-state index in [0.717, 1.165) is 5.56 Å². The van der Waals surface area contributed by atoms with Crippen molar-refractivity contribution in [3.63, 3.8) is 0 Å². The van der Waals surface area contributed by atoms with Gasteiger partial charge in [0.2, 0.25) is 11.8 Å². The number of carbonyl (C=O) groups excluding carboxylic acids is 2. The molecule has 1 fully saturated rings. The van der Waals surface area contributed by atoms with Crippen molar-refractivity contribution in [1.82, 2.24) is 10.6 Å². The molecule has 0 saturated carbocycles. The van der Waals surface area contributed by atoms with E-state index in [1.807, 2.05) is 42.5 Å². The first-order valence-electron chi connectivity index (χ1n) is 6.04. The zero-order valence-electron chi connectivity index (χ0n) is 10.1.